The molecule has 2 rings (SSSR count). The minimum absolute atomic E-state index is 0.0684. The van der Waals surface area contributed by atoms with Gasteiger partial charge in [0.05, 0.1) is 13.2 Å². The summed E-state index contributed by atoms with van der Waals surface area (Å²) >= 11 is 1.41. The van der Waals surface area contributed by atoms with Crippen LogP contribution in [0, 0.1) is 5.41 Å². The first-order chi connectivity index (χ1) is 8.19. The number of carbonyl (C=O) groups is 1. The lowest BCUT2D eigenvalue weighted by Crippen LogP contribution is -2.32. The van der Waals surface area contributed by atoms with Crippen LogP contribution in [-0.4, -0.2) is 36.3 Å². The maximum atomic E-state index is 11.8. The van der Waals surface area contributed by atoms with Gasteiger partial charge in [-0.15, -0.1) is 11.3 Å². The van der Waals surface area contributed by atoms with Crippen molar-refractivity contribution in [1.82, 2.24) is 10.3 Å². The van der Waals surface area contributed by atoms with E-state index in [1.54, 1.807) is 12.5 Å². The molecule has 1 aromatic rings. The van der Waals surface area contributed by atoms with E-state index in [4.69, 9.17) is 9.84 Å². The molecular weight excluding hydrogens is 240 g/mol. The SMILES string of the molecule is COCc1nc(C(=O)NCC2(CO)CC2)cs1. The van der Waals surface area contributed by atoms with Crippen LogP contribution in [0.5, 0.6) is 0 Å². The van der Waals surface area contributed by atoms with Crippen molar-refractivity contribution in [3.05, 3.63) is 16.1 Å². The number of hydrogen-bond donors (Lipinski definition) is 2. The van der Waals surface area contributed by atoms with Crippen LogP contribution in [0.4, 0.5) is 0 Å². The molecule has 0 radical (unpaired) electrons. The number of aliphatic hydroxyl groups excluding tert-OH is 1. The minimum atomic E-state index is -0.177. The highest BCUT2D eigenvalue weighted by atomic mass is 32.1. The summed E-state index contributed by atoms with van der Waals surface area (Å²) in [6.07, 6.45) is 1.96. The van der Waals surface area contributed by atoms with E-state index in [0.29, 0.717) is 18.8 Å². The van der Waals surface area contributed by atoms with E-state index >= 15 is 0 Å². The number of aromatic nitrogens is 1. The summed E-state index contributed by atoms with van der Waals surface area (Å²) in [5.74, 6) is -0.177. The number of amides is 1. The normalized spacial score (nSPS) is 16.8. The third kappa shape index (κ3) is 3.02. The molecule has 0 atom stereocenters. The minimum Gasteiger partial charge on any atom is -0.396 e. The van der Waals surface area contributed by atoms with Gasteiger partial charge in [-0.25, -0.2) is 4.98 Å². The molecule has 0 unspecified atom stereocenters. The Morgan fingerprint density at radius 2 is 2.47 bits per heavy atom. The Morgan fingerprint density at radius 3 is 3.06 bits per heavy atom. The molecule has 1 saturated carbocycles. The van der Waals surface area contributed by atoms with Gasteiger partial charge in [0.25, 0.3) is 5.91 Å². The highest BCUT2D eigenvalue weighted by Gasteiger charge is 2.42. The molecule has 0 bridgehead atoms. The largest absolute Gasteiger partial charge is 0.396 e. The molecule has 0 aliphatic heterocycles. The summed E-state index contributed by atoms with van der Waals surface area (Å²) in [6, 6.07) is 0. The van der Waals surface area contributed by atoms with Crippen LogP contribution < -0.4 is 5.32 Å². The van der Waals surface area contributed by atoms with Crippen LogP contribution >= 0.6 is 11.3 Å². The molecule has 0 saturated heterocycles. The third-order valence-corrected chi connectivity index (χ3v) is 3.79. The van der Waals surface area contributed by atoms with Gasteiger partial charge in [0, 0.05) is 24.4 Å². The number of rotatable bonds is 6. The van der Waals surface area contributed by atoms with E-state index in [2.05, 4.69) is 10.3 Å². The number of hydrogen-bond acceptors (Lipinski definition) is 5. The Balaban J connectivity index is 1.86. The van der Waals surface area contributed by atoms with Crippen molar-refractivity contribution in [2.24, 2.45) is 5.41 Å². The van der Waals surface area contributed by atoms with E-state index in [9.17, 15) is 4.79 Å². The Labute approximate surface area is 104 Å². The third-order valence-electron chi connectivity index (χ3n) is 2.97. The van der Waals surface area contributed by atoms with Gasteiger partial charge in [-0.2, -0.15) is 0 Å². The lowest BCUT2D eigenvalue weighted by molar-refractivity contribution is 0.0930. The fourth-order valence-corrected chi connectivity index (χ4v) is 2.28. The molecular formula is C11H16N2O3S. The average molecular weight is 256 g/mol. The Morgan fingerprint density at radius 1 is 1.71 bits per heavy atom. The van der Waals surface area contributed by atoms with Gasteiger partial charge < -0.3 is 15.2 Å². The van der Waals surface area contributed by atoms with Gasteiger partial charge in [-0.05, 0) is 12.8 Å². The zero-order valence-corrected chi connectivity index (χ0v) is 10.5. The predicted molar refractivity (Wildman–Crippen MR) is 63.9 cm³/mol. The highest BCUT2D eigenvalue weighted by molar-refractivity contribution is 7.09. The number of ether oxygens (including phenoxy) is 1. The number of carbonyl (C=O) groups excluding carboxylic acids is 1. The first-order valence-electron chi connectivity index (χ1n) is 5.51. The molecule has 1 fully saturated rings. The second-order valence-corrected chi connectivity index (χ2v) is 5.34. The molecule has 94 valence electrons. The molecule has 0 spiro atoms. The summed E-state index contributed by atoms with van der Waals surface area (Å²) in [7, 11) is 1.60. The zero-order valence-electron chi connectivity index (χ0n) is 9.73. The van der Waals surface area contributed by atoms with Gasteiger partial charge in [0.2, 0.25) is 0 Å². The summed E-state index contributed by atoms with van der Waals surface area (Å²) in [6.45, 7) is 1.09. The second kappa shape index (κ2) is 5.12. The fraction of sp³-hybridized carbons (Fsp3) is 0.636. The molecule has 1 aromatic heterocycles. The molecule has 1 aliphatic rings. The van der Waals surface area contributed by atoms with Crippen molar-refractivity contribution >= 4 is 17.2 Å². The molecule has 0 aromatic carbocycles. The van der Waals surface area contributed by atoms with E-state index < -0.39 is 0 Å². The highest BCUT2D eigenvalue weighted by Crippen LogP contribution is 2.44. The van der Waals surface area contributed by atoms with Gasteiger partial charge in [-0.3, -0.25) is 4.79 Å². The van der Waals surface area contributed by atoms with E-state index in [-0.39, 0.29) is 17.9 Å². The summed E-state index contributed by atoms with van der Waals surface area (Å²) < 4.78 is 4.95. The summed E-state index contributed by atoms with van der Waals surface area (Å²) in [4.78, 5) is 15.9. The smallest absolute Gasteiger partial charge is 0.270 e. The average Bonchev–Trinajstić information content (AvgIpc) is 2.98. The first kappa shape index (κ1) is 12.5. The lowest BCUT2D eigenvalue weighted by atomic mass is 10.1. The molecule has 1 aliphatic carbocycles. The fourth-order valence-electron chi connectivity index (χ4n) is 1.53. The van der Waals surface area contributed by atoms with Crippen molar-refractivity contribution in [1.29, 1.82) is 0 Å². The molecule has 1 heterocycles. The molecule has 5 nitrogen and oxygen atoms in total. The van der Waals surface area contributed by atoms with Crippen LogP contribution in [0.2, 0.25) is 0 Å². The quantitative estimate of drug-likeness (QED) is 0.789. The van der Waals surface area contributed by atoms with Gasteiger partial charge in [0.1, 0.15) is 10.7 Å². The van der Waals surface area contributed by atoms with Crippen LogP contribution in [0.3, 0.4) is 0 Å². The van der Waals surface area contributed by atoms with Gasteiger partial charge >= 0.3 is 0 Å². The zero-order chi connectivity index (χ0) is 12.3. The lowest BCUT2D eigenvalue weighted by Gasteiger charge is -2.11. The molecule has 1 amide bonds. The van der Waals surface area contributed by atoms with Crippen molar-refractivity contribution in [2.45, 2.75) is 19.4 Å². The van der Waals surface area contributed by atoms with Crippen LogP contribution in [0.15, 0.2) is 5.38 Å². The number of methoxy groups -OCH3 is 1. The first-order valence-corrected chi connectivity index (χ1v) is 6.39. The number of thiazole rings is 1. The maximum absolute atomic E-state index is 11.8. The van der Waals surface area contributed by atoms with E-state index in [1.165, 1.54) is 11.3 Å². The number of nitrogens with one attached hydrogen (secondary N) is 1. The van der Waals surface area contributed by atoms with Gasteiger partial charge in [0.15, 0.2) is 0 Å². The topological polar surface area (TPSA) is 71.5 Å². The molecule has 6 heteroatoms. The summed E-state index contributed by atoms with van der Waals surface area (Å²) in [5.41, 5.74) is 0.358. The predicted octanol–water partition coefficient (Wildman–Crippen LogP) is 0.792. The van der Waals surface area contributed by atoms with Gasteiger partial charge in [-0.1, -0.05) is 0 Å². The number of aliphatic hydroxyl groups is 1. The maximum Gasteiger partial charge on any atom is 0.270 e. The van der Waals surface area contributed by atoms with E-state index in [0.717, 1.165) is 17.8 Å². The van der Waals surface area contributed by atoms with Crippen LogP contribution in [-0.2, 0) is 11.3 Å². The standard InChI is InChI=1S/C11H16N2O3S/c1-16-4-9-13-8(5-17-9)10(15)12-6-11(7-14)2-3-11/h5,14H,2-4,6-7H2,1H3,(H,12,15). The van der Waals surface area contributed by atoms with Crippen LogP contribution in [0.25, 0.3) is 0 Å². The summed E-state index contributed by atoms with van der Waals surface area (Å²) in [5, 5.41) is 14.5. The van der Waals surface area contributed by atoms with Crippen molar-refractivity contribution < 1.29 is 14.6 Å². The van der Waals surface area contributed by atoms with Crippen molar-refractivity contribution in [2.75, 3.05) is 20.3 Å². The van der Waals surface area contributed by atoms with Crippen molar-refractivity contribution in [3.63, 3.8) is 0 Å². The van der Waals surface area contributed by atoms with E-state index in [1.807, 2.05) is 0 Å². The van der Waals surface area contributed by atoms with Crippen molar-refractivity contribution in [3.8, 4) is 0 Å². The molecule has 2 N–H and O–H groups in total. The van der Waals surface area contributed by atoms with Crippen LogP contribution in [0.1, 0.15) is 28.3 Å². The molecule has 17 heavy (non-hydrogen) atoms. The Bertz CT molecular complexity index is 401. The second-order valence-electron chi connectivity index (χ2n) is 4.40. The Kier molecular flexibility index (Phi) is 3.76. The number of nitrogens with zero attached hydrogens (tertiary/aromatic N) is 1. The Hall–Kier alpha value is -0.980. The monoisotopic (exact) mass is 256 g/mol.